The van der Waals surface area contributed by atoms with E-state index >= 15 is 0 Å². The zero-order chi connectivity index (χ0) is 11.4. The van der Waals surface area contributed by atoms with E-state index in [9.17, 15) is 5.11 Å². The van der Waals surface area contributed by atoms with E-state index < -0.39 is 0 Å². The maximum absolute atomic E-state index is 9.25. The maximum atomic E-state index is 9.25. The van der Waals surface area contributed by atoms with Crippen molar-refractivity contribution in [3.05, 3.63) is 0 Å². The quantitative estimate of drug-likeness (QED) is 0.811. The summed E-state index contributed by atoms with van der Waals surface area (Å²) in [6, 6.07) is 0. The van der Waals surface area contributed by atoms with Gasteiger partial charge in [-0.1, -0.05) is 11.8 Å². The third-order valence-electron chi connectivity index (χ3n) is 2.21. The molecule has 5 nitrogen and oxygen atoms in total. The van der Waals surface area contributed by atoms with Gasteiger partial charge in [0.2, 0.25) is 0 Å². The average Bonchev–Trinajstić information content (AvgIpc) is 2.75. The predicted octanol–water partition coefficient (Wildman–Crippen LogP) is 0.848. The minimum Gasteiger partial charge on any atom is -0.393 e. The van der Waals surface area contributed by atoms with E-state index in [1.807, 2.05) is 0 Å². The van der Waals surface area contributed by atoms with Crippen LogP contribution in [0.25, 0.3) is 0 Å². The number of morpholine rings is 1. The highest BCUT2D eigenvalue weighted by atomic mass is 32.2. The number of rotatable bonds is 4. The molecule has 1 fully saturated rings. The molecule has 0 saturated carbocycles. The lowest BCUT2D eigenvalue weighted by Gasteiger charge is -2.27. The van der Waals surface area contributed by atoms with Crippen LogP contribution in [0, 0.1) is 0 Å². The van der Waals surface area contributed by atoms with Gasteiger partial charge in [-0.25, -0.2) is 0 Å². The van der Waals surface area contributed by atoms with Crippen molar-refractivity contribution in [1.29, 1.82) is 0 Å². The molecule has 0 amide bonds. The van der Waals surface area contributed by atoms with E-state index in [0.717, 1.165) is 37.1 Å². The number of aliphatic hydroxyl groups excluding tert-OH is 1. The molecule has 0 spiro atoms. The van der Waals surface area contributed by atoms with Crippen molar-refractivity contribution in [1.82, 2.24) is 8.75 Å². The first-order chi connectivity index (χ1) is 7.77. The molecule has 7 heteroatoms. The molecule has 1 aliphatic rings. The maximum Gasteiger partial charge on any atom is 0.176 e. The highest BCUT2D eigenvalue weighted by molar-refractivity contribution is 7.99. The largest absolute Gasteiger partial charge is 0.393 e. The molecular formula is C9H15N3O2S2. The van der Waals surface area contributed by atoms with Gasteiger partial charge in [-0.2, -0.15) is 8.75 Å². The molecule has 2 rings (SSSR count). The van der Waals surface area contributed by atoms with E-state index in [-0.39, 0.29) is 6.10 Å². The first-order valence-electron chi connectivity index (χ1n) is 5.23. The second-order valence-corrected chi connectivity index (χ2v) is 5.19. The Balaban J connectivity index is 2.00. The first kappa shape index (κ1) is 12.1. The Hall–Kier alpha value is -0.370. The topological polar surface area (TPSA) is 58.5 Å². The van der Waals surface area contributed by atoms with Crippen LogP contribution in [0.1, 0.15) is 6.92 Å². The second-order valence-electron chi connectivity index (χ2n) is 3.65. The lowest BCUT2D eigenvalue weighted by molar-refractivity contribution is 0.122. The Labute approximate surface area is 103 Å². The van der Waals surface area contributed by atoms with Gasteiger partial charge in [0.1, 0.15) is 0 Å². The van der Waals surface area contributed by atoms with Crippen LogP contribution in [0.15, 0.2) is 5.03 Å². The van der Waals surface area contributed by atoms with Gasteiger partial charge >= 0.3 is 0 Å². The highest BCUT2D eigenvalue weighted by Crippen LogP contribution is 2.28. The average molecular weight is 261 g/mol. The third-order valence-corrected chi connectivity index (χ3v) is 4.04. The van der Waals surface area contributed by atoms with Gasteiger partial charge in [0.05, 0.1) is 31.0 Å². The molecule has 1 aromatic rings. The molecule has 2 heterocycles. The number of hydrogen-bond donors (Lipinski definition) is 1. The summed E-state index contributed by atoms with van der Waals surface area (Å²) in [5.74, 6) is 1.60. The van der Waals surface area contributed by atoms with Crippen LogP contribution in [0.2, 0.25) is 0 Å². The zero-order valence-electron chi connectivity index (χ0n) is 9.13. The molecule has 0 bridgehead atoms. The summed E-state index contributed by atoms with van der Waals surface area (Å²) >= 11 is 2.79. The summed E-state index contributed by atoms with van der Waals surface area (Å²) < 4.78 is 13.9. The summed E-state index contributed by atoms with van der Waals surface area (Å²) in [6.07, 6.45) is -0.316. The molecule has 1 N–H and O–H groups in total. The molecule has 1 atom stereocenters. The zero-order valence-corrected chi connectivity index (χ0v) is 10.8. The van der Waals surface area contributed by atoms with Gasteiger partial charge in [0, 0.05) is 18.8 Å². The fourth-order valence-corrected chi connectivity index (χ4v) is 2.98. The third kappa shape index (κ3) is 3.07. The van der Waals surface area contributed by atoms with Crippen LogP contribution in [-0.2, 0) is 4.74 Å². The van der Waals surface area contributed by atoms with E-state index in [2.05, 4.69) is 13.6 Å². The van der Waals surface area contributed by atoms with Crippen molar-refractivity contribution in [3.63, 3.8) is 0 Å². The second kappa shape index (κ2) is 5.81. The van der Waals surface area contributed by atoms with Gasteiger partial charge in [-0.3, -0.25) is 0 Å². The molecule has 0 aliphatic carbocycles. The summed E-state index contributed by atoms with van der Waals surface area (Å²) in [5, 5.41) is 10.2. The van der Waals surface area contributed by atoms with Crippen molar-refractivity contribution in [2.24, 2.45) is 0 Å². The first-order valence-corrected chi connectivity index (χ1v) is 6.95. The minimum absolute atomic E-state index is 0.316. The summed E-state index contributed by atoms with van der Waals surface area (Å²) in [4.78, 5) is 2.19. The molecular weight excluding hydrogens is 246 g/mol. The molecule has 1 aromatic heterocycles. The van der Waals surface area contributed by atoms with E-state index in [1.165, 1.54) is 11.7 Å². The summed E-state index contributed by atoms with van der Waals surface area (Å²) in [5.41, 5.74) is 0. The number of anilines is 1. The smallest absolute Gasteiger partial charge is 0.176 e. The number of hydrogen-bond acceptors (Lipinski definition) is 7. The van der Waals surface area contributed by atoms with Crippen LogP contribution in [-0.4, -0.2) is 52.0 Å². The number of thioether (sulfide) groups is 1. The Morgan fingerprint density at radius 2 is 2.25 bits per heavy atom. The van der Waals surface area contributed by atoms with E-state index in [0.29, 0.717) is 5.75 Å². The van der Waals surface area contributed by atoms with Crippen molar-refractivity contribution in [3.8, 4) is 0 Å². The van der Waals surface area contributed by atoms with Crippen LogP contribution in [0.5, 0.6) is 0 Å². The van der Waals surface area contributed by atoms with Gasteiger partial charge in [-0.15, -0.1) is 0 Å². The minimum atomic E-state index is -0.316. The van der Waals surface area contributed by atoms with Crippen LogP contribution in [0.3, 0.4) is 0 Å². The number of ether oxygens (including phenoxy) is 1. The lowest BCUT2D eigenvalue weighted by atomic mass is 10.4. The highest BCUT2D eigenvalue weighted by Gasteiger charge is 2.19. The molecule has 90 valence electrons. The molecule has 1 unspecified atom stereocenters. The Kier molecular flexibility index (Phi) is 4.39. The molecule has 1 aliphatic heterocycles. The Bertz CT molecular complexity index is 326. The standard InChI is InChI=1S/C9H15N3O2S2/c1-7(13)6-15-9-8(10-16-11-9)12-2-4-14-5-3-12/h7,13H,2-6H2,1H3. The fourth-order valence-electron chi connectivity index (χ4n) is 1.43. The van der Waals surface area contributed by atoms with Gasteiger partial charge < -0.3 is 14.7 Å². The van der Waals surface area contributed by atoms with Crippen molar-refractivity contribution in [2.75, 3.05) is 37.0 Å². The van der Waals surface area contributed by atoms with Crippen LogP contribution in [0.4, 0.5) is 5.82 Å². The predicted molar refractivity (Wildman–Crippen MR) is 65.3 cm³/mol. The monoisotopic (exact) mass is 261 g/mol. The molecule has 0 radical (unpaired) electrons. The van der Waals surface area contributed by atoms with Crippen LogP contribution < -0.4 is 4.90 Å². The fraction of sp³-hybridized carbons (Fsp3) is 0.778. The lowest BCUT2D eigenvalue weighted by Crippen LogP contribution is -2.36. The van der Waals surface area contributed by atoms with Crippen molar-refractivity contribution >= 4 is 29.3 Å². The molecule has 16 heavy (non-hydrogen) atoms. The molecule has 1 saturated heterocycles. The van der Waals surface area contributed by atoms with Crippen LogP contribution >= 0.6 is 23.5 Å². The normalized spacial score (nSPS) is 18.8. The van der Waals surface area contributed by atoms with Gasteiger partial charge in [-0.05, 0) is 6.92 Å². The van der Waals surface area contributed by atoms with Crippen molar-refractivity contribution < 1.29 is 9.84 Å². The van der Waals surface area contributed by atoms with Gasteiger partial charge in [0.15, 0.2) is 10.8 Å². The number of aliphatic hydroxyl groups is 1. The SMILES string of the molecule is CC(O)CSc1nsnc1N1CCOCC1. The van der Waals surface area contributed by atoms with Gasteiger partial charge in [0.25, 0.3) is 0 Å². The van der Waals surface area contributed by atoms with E-state index in [1.54, 1.807) is 18.7 Å². The number of nitrogens with zero attached hydrogens (tertiary/aromatic N) is 3. The van der Waals surface area contributed by atoms with Crippen molar-refractivity contribution in [2.45, 2.75) is 18.1 Å². The summed E-state index contributed by atoms with van der Waals surface area (Å²) in [6.45, 7) is 5.01. The Morgan fingerprint density at radius 3 is 2.94 bits per heavy atom. The number of aromatic nitrogens is 2. The van der Waals surface area contributed by atoms with E-state index in [4.69, 9.17) is 4.74 Å². The molecule has 0 aromatic carbocycles. The summed E-state index contributed by atoms with van der Waals surface area (Å²) in [7, 11) is 0. The Morgan fingerprint density at radius 1 is 1.50 bits per heavy atom.